The molecule has 0 aliphatic carbocycles. The first kappa shape index (κ1) is 6.46. The Kier molecular flexibility index (Phi) is 1.42. The molecule has 0 unspecified atom stereocenters. The van der Waals surface area contributed by atoms with Gasteiger partial charge in [-0.1, -0.05) is 6.92 Å². The molecule has 3 nitrogen and oxygen atoms in total. The molecule has 1 aliphatic rings. The molecule has 11 heavy (non-hydrogen) atoms. The summed E-state index contributed by atoms with van der Waals surface area (Å²) >= 11 is 0. The summed E-state index contributed by atoms with van der Waals surface area (Å²) < 4.78 is 0. The van der Waals surface area contributed by atoms with Crippen LogP contribution in [0, 0.1) is 0 Å². The Morgan fingerprint density at radius 3 is 3.27 bits per heavy atom. The summed E-state index contributed by atoms with van der Waals surface area (Å²) in [5, 5.41) is 0. The van der Waals surface area contributed by atoms with E-state index < -0.39 is 0 Å². The van der Waals surface area contributed by atoms with Crippen LogP contribution in [0.25, 0.3) is 0 Å². The standard InChI is InChI=1S/C8H9N3/c1-2-8-10-5-7-6(11-8)3-4-9-7/h4-5H,2-3H2,1H3. The lowest BCUT2D eigenvalue weighted by Gasteiger charge is -1.97. The van der Waals surface area contributed by atoms with Crippen molar-refractivity contribution in [3.05, 3.63) is 17.7 Å². The molecule has 0 fully saturated rings. The molecule has 2 rings (SSSR count). The van der Waals surface area contributed by atoms with Gasteiger partial charge in [-0.2, -0.15) is 0 Å². The van der Waals surface area contributed by atoms with Gasteiger partial charge in [0.15, 0.2) is 0 Å². The van der Waals surface area contributed by atoms with Crippen LogP contribution in [-0.4, -0.2) is 16.2 Å². The van der Waals surface area contributed by atoms with Gasteiger partial charge in [0.25, 0.3) is 0 Å². The largest absolute Gasteiger partial charge is 0.257 e. The third-order valence-corrected chi connectivity index (χ3v) is 1.73. The molecule has 0 N–H and O–H groups in total. The summed E-state index contributed by atoms with van der Waals surface area (Å²) in [4.78, 5) is 12.6. The van der Waals surface area contributed by atoms with Crippen molar-refractivity contribution < 1.29 is 0 Å². The van der Waals surface area contributed by atoms with Crippen LogP contribution in [-0.2, 0) is 12.8 Å². The predicted molar refractivity (Wildman–Crippen MR) is 43.3 cm³/mol. The molecule has 1 aliphatic heterocycles. The predicted octanol–water partition coefficient (Wildman–Crippen LogP) is 1.30. The van der Waals surface area contributed by atoms with Crippen molar-refractivity contribution in [2.24, 2.45) is 4.99 Å². The lowest BCUT2D eigenvalue weighted by molar-refractivity contribution is 0.916. The summed E-state index contributed by atoms with van der Waals surface area (Å²) in [5.41, 5.74) is 2.00. The first-order chi connectivity index (χ1) is 5.40. The zero-order chi connectivity index (χ0) is 7.68. The van der Waals surface area contributed by atoms with Gasteiger partial charge in [0.05, 0.1) is 11.9 Å². The fourth-order valence-electron chi connectivity index (χ4n) is 1.11. The molecule has 0 atom stereocenters. The highest BCUT2D eigenvalue weighted by atomic mass is 14.9. The number of rotatable bonds is 1. The fourth-order valence-corrected chi connectivity index (χ4v) is 1.11. The molecule has 1 aromatic rings. The van der Waals surface area contributed by atoms with E-state index in [2.05, 4.69) is 21.9 Å². The molecule has 1 aromatic heterocycles. The van der Waals surface area contributed by atoms with Gasteiger partial charge >= 0.3 is 0 Å². The average Bonchev–Trinajstić information content (AvgIpc) is 2.50. The number of nitrogens with zero attached hydrogens (tertiary/aromatic N) is 3. The average molecular weight is 147 g/mol. The van der Waals surface area contributed by atoms with E-state index in [9.17, 15) is 0 Å². The van der Waals surface area contributed by atoms with E-state index in [1.807, 2.05) is 6.21 Å². The maximum absolute atomic E-state index is 4.34. The number of hydrogen-bond acceptors (Lipinski definition) is 3. The van der Waals surface area contributed by atoms with Crippen LogP contribution in [0.4, 0.5) is 5.69 Å². The van der Waals surface area contributed by atoms with Crippen molar-refractivity contribution in [3.8, 4) is 0 Å². The van der Waals surface area contributed by atoms with Crippen molar-refractivity contribution in [3.63, 3.8) is 0 Å². The molecule has 0 bridgehead atoms. The highest BCUT2D eigenvalue weighted by Gasteiger charge is 2.08. The van der Waals surface area contributed by atoms with Crippen LogP contribution in [0.15, 0.2) is 11.2 Å². The second-order valence-corrected chi connectivity index (χ2v) is 2.49. The van der Waals surface area contributed by atoms with E-state index in [4.69, 9.17) is 0 Å². The van der Waals surface area contributed by atoms with Gasteiger partial charge in [0.2, 0.25) is 0 Å². The van der Waals surface area contributed by atoms with E-state index >= 15 is 0 Å². The number of aliphatic imine (C=N–C) groups is 1. The SMILES string of the molecule is CCc1ncc2c(n1)CC=N2. The van der Waals surface area contributed by atoms with Gasteiger partial charge in [-0.05, 0) is 0 Å². The zero-order valence-electron chi connectivity index (χ0n) is 6.41. The minimum Gasteiger partial charge on any atom is -0.257 e. The van der Waals surface area contributed by atoms with Crippen LogP contribution in [0.3, 0.4) is 0 Å². The van der Waals surface area contributed by atoms with Gasteiger partial charge in [-0.25, -0.2) is 9.97 Å². The van der Waals surface area contributed by atoms with Gasteiger partial charge in [0, 0.05) is 19.1 Å². The van der Waals surface area contributed by atoms with Crippen molar-refractivity contribution in [1.29, 1.82) is 0 Å². The van der Waals surface area contributed by atoms with Crippen LogP contribution < -0.4 is 0 Å². The van der Waals surface area contributed by atoms with E-state index in [0.717, 1.165) is 30.0 Å². The molecule has 0 radical (unpaired) electrons. The molecule has 0 saturated heterocycles. The molecule has 2 heterocycles. The molecule has 0 aromatic carbocycles. The van der Waals surface area contributed by atoms with Gasteiger partial charge in [-0.15, -0.1) is 0 Å². The smallest absolute Gasteiger partial charge is 0.128 e. The Morgan fingerprint density at radius 2 is 2.45 bits per heavy atom. The lowest BCUT2D eigenvalue weighted by atomic mass is 10.3. The summed E-state index contributed by atoms with van der Waals surface area (Å²) in [6.07, 6.45) is 5.43. The van der Waals surface area contributed by atoms with Crippen LogP contribution in [0.5, 0.6) is 0 Å². The fraction of sp³-hybridized carbons (Fsp3) is 0.375. The van der Waals surface area contributed by atoms with Crippen molar-refractivity contribution in [1.82, 2.24) is 9.97 Å². The van der Waals surface area contributed by atoms with Crippen LogP contribution in [0.2, 0.25) is 0 Å². The molecular weight excluding hydrogens is 138 g/mol. The lowest BCUT2D eigenvalue weighted by Crippen LogP contribution is -1.95. The maximum atomic E-state index is 4.34. The summed E-state index contributed by atoms with van der Waals surface area (Å²) in [5.74, 6) is 0.911. The Hall–Kier alpha value is -1.25. The quantitative estimate of drug-likeness (QED) is 0.600. The van der Waals surface area contributed by atoms with E-state index in [-0.39, 0.29) is 0 Å². The summed E-state index contributed by atoms with van der Waals surface area (Å²) in [6.45, 7) is 2.05. The Labute approximate surface area is 65.2 Å². The first-order valence-electron chi connectivity index (χ1n) is 3.77. The highest BCUT2D eigenvalue weighted by Crippen LogP contribution is 2.20. The third kappa shape index (κ3) is 1.02. The van der Waals surface area contributed by atoms with Crippen molar-refractivity contribution in [2.75, 3.05) is 0 Å². The van der Waals surface area contributed by atoms with E-state index in [1.54, 1.807) is 6.20 Å². The molecule has 56 valence electrons. The molecular formula is C8H9N3. The highest BCUT2D eigenvalue weighted by molar-refractivity contribution is 5.73. The monoisotopic (exact) mass is 147 g/mol. The Bertz CT molecular complexity index is 304. The minimum atomic E-state index is 0.866. The van der Waals surface area contributed by atoms with Crippen LogP contribution in [0.1, 0.15) is 18.4 Å². The maximum Gasteiger partial charge on any atom is 0.128 e. The zero-order valence-corrected chi connectivity index (χ0v) is 6.41. The van der Waals surface area contributed by atoms with Crippen molar-refractivity contribution >= 4 is 11.9 Å². The first-order valence-corrected chi connectivity index (χ1v) is 3.77. The minimum absolute atomic E-state index is 0.866. The molecule has 0 saturated carbocycles. The number of fused-ring (bicyclic) bond motifs is 1. The number of hydrogen-bond donors (Lipinski definition) is 0. The number of aryl methyl sites for hydroxylation is 1. The van der Waals surface area contributed by atoms with Crippen LogP contribution >= 0.6 is 0 Å². The number of aromatic nitrogens is 2. The third-order valence-electron chi connectivity index (χ3n) is 1.73. The van der Waals surface area contributed by atoms with Gasteiger partial charge in [0.1, 0.15) is 11.5 Å². The Morgan fingerprint density at radius 1 is 1.55 bits per heavy atom. The Balaban J connectivity index is 2.45. The second kappa shape index (κ2) is 2.42. The normalized spacial score (nSPS) is 13.5. The molecule has 3 heteroatoms. The second-order valence-electron chi connectivity index (χ2n) is 2.49. The van der Waals surface area contributed by atoms with E-state index in [0.29, 0.717) is 0 Å². The molecule has 0 spiro atoms. The van der Waals surface area contributed by atoms with Gasteiger partial charge < -0.3 is 0 Å². The van der Waals surface area contributed by atoms with Gasteiger partial charge in [-0.3, -0.25) is 4.99 Å². The van der Waals surface area contributed by atoms with Crippen molar-refractivity contribution in [2.45, 2.75) is 19.8 Å². The molecule has 0 amide bonds. The van der Waals surface area contributed by atoms with E-state index in [1.165, 1.54) is 0 Å². The summed E-state index contributed by atoms with van der Waals surface area (Å²) in [6, 6.07) is 0. The topological polar surface area (TPSA) is 38.1 Å². The summed E-state index contributed by atoms with van der Waals surface area (Å²) in [7, 11) is 0.